The molecule has 2 aromatic carbocycles. The molecule has 6 nitrogen and oxygen atoms in total. The highest BCUT2D eigenvalue weighted by Gasteiger charge is 2.46. The number of nitrogens with zero attached hydrogens (tertiary/aromatic N) is 1. The summed E-state index contributed by atoms with van der Waals surface area (Å²) in [7, 11) is 0. The molecule has 0 bridgehead atoms. The second-order valence-electron chi connectivity index (χ2n) is 7.56. The highest BCUT2D eigenvalue weighted by atomic mass is 35.5. The standard InChI is InChI=1S/C25H21Cl2NO5/c1-2-10-32-17-6-3-5-16(12-17)23(29)21-22(15-8-9-19(26)20(27)13-15)28(25(31)24(21)30)14-18-7-4-11-33-18/h3-9,11-13,22,29H,2,10,14H2,1H3. The number of aliphatic hydroxyl groups excluding tert-OH is 1. The Morgan fingerprint density at radius 3 is 2.61 bits per heavy atom. The van der Waals surface area contributed by atoms with E-state index in [9.17, 15) is 14.7 Å². The Kier molecular flexibility index (Phi) is 6.77. The molecule has 1 unspecified atom stereocenters. The van der Waals surface area contributed by atoms with Gasteiger partial charge < -0.3 is 19.2 Å². The van der Waals surface area contributed by atoms with Crippen LogP contribution in [0.25, 0.3) is 5.76 Å². The largest absolute Gasteiger partial charge is 0.507 e. The molecule has 1 fully saturated rings. The number of halogens is 2. The molecule has 2 heterocycles. The summed E-state index contributed by atoms with van der Waals surface area (Å²) in [5.74, 6) is -0.792. The van der Waals surface area contributed by atoms with Gasteiger partial charge in [-0.3, -0.25) is 9.59 Å². The molecule has 4 rings (SSSR count). The molecule has 170 valence electrons. The molecule has 1 amide bonds. The predicted molar refractivity (Wildman–Crippen MR) is 125 cm³/mol. The third-order valence-electron chi connectivity index (χ3n) is 5.29. The zero-order valence-corrected chi connectivity index (χ0v) is 19.3. The second-order valence-corrected chi connectivity index (χ2v) is 8.37. The van der Waals surface area contributed by atoms with Crippen molar-refractivity contribution in [2.45, 2.75) is 25.9 Å². The lowest BCUT2D eigenvalue weighted by atomic mass is 9.95. The Bertz CT molecular complexity index is 1220. The van der Waals surface area contributed by atoms with Crippen molar-refractivity contribution in [2.24, 2.45) is 0 Å². The van der Waals surface area contributed by atoms with Gasteiger partial charge in [-0.2, -0.15) is 0 Å². The van der Waals surface area contributed by atoms with Crippen LogP contribution in [0.3, 0.4) is 0 Å². The molecule has 0 aliphatic carbocycles. The van der Waals surface area contributed by atoms with Gasteiger partial charge in [0.2, 0.25) is 0 Å². The lowest BCUT2D eigenvalue weighted by Gasteiger charge is -2.24. The summed E-state index contributed by atoms with van der Waals surface area (Å²) in [6, 6.07) is 14.1. The molecule has 8 heteroatoms. The minimum Gasteiger partial charge on any atom is -0.507 e. The van der Waals surface area contributed by atoms with E-state index in [-0.39, 0.29) is 22.9 Å². The lowest BCUT2D eigenvalue weighted by Crippen LogP contribution is -2.29. The van der Waals surface area contributed by atoms with E-state index in [0.29, 0.717) is 34.3 Å². The number of aliphatic hydroxyl groups is 1. The van der Waals surface area contributed by atoms with E-state index in [1.165, 1.54) is 11.2 Å². The summed E-state index contributed by atoms with van der Waals surface area (Å²) in [5.41, 5.74) is 0.859. The third-order valence-corrected chi connectivity index (χ3v) is 6.02. The van der Waals surface area contributed by atoms with Gasteiger partial charge in [-0.05, 0) is 48.4 Å². The number of carbonyl (C=O) groups is 2. The summed E-state index contributed by atoms with van der Waals surface area (Å²) in [5, 5.41) is 11.8. The number of furan rings is 1. The van der Waals surface area contributed by atoms with Crippen molar-refractivity contribution in [3.63, 3.8) is 0 Å². The molecule has 1 aliphatic heterocycles. The van der Waals surface area contributed by atoms with Gasteiger partial charge in [0.15, 0.2) is 0 Å². The van der Waals surface area contributed by atoms with Crippen LogP contribution in [-0.2, 0) is 16.1 Å². The molecule has 3 aromatic rings. The maximum Gasteiger partial charge on any atom is 0.296 e. The number of carbonyl (C=O) groups excluding carboxylic acids is 2. The number of ketones is 1. The van der Waals surface area contributed by atoms with E-state index in [4.69, 9.17) is 32.4 Å². The SMILES string of the molecule is CCCOc1cccc(C(O)=C2C(=O)C(=O)N(Cc3ccco3)C2c2ccc(Cl)c(Cl)c2)c1. The summed E-state index contributed by atoms with van der Waals surface area (Å²) in [4.78, 5) is 27.5. The number of ether oxygens (including phenoxy) is 1. The molecule has 1 aromatic heterocycles. The van der Waals surface area contributed by atoms with E-state index in [1.807, 2.05) is 6.92 Å². The van der Waals surface area contributed by atoms with Crippen LogP contribution in [0.5, 0.6) is 5.75 Å². The van der Waals surface area contributed by atoms with Crippen LogP contribution in [0.2, 0.25) is 10.0 Å². The molecule has 0 saturated carbocycles. The van der Waals surface area contributed by atoms with E-state index >= 15 is 0 Å². The Hall–Kier alpha value is -3.22. The van der Waals surface area contributed by atoms with Crippen molar-refractivity contribution < 1.29 is 23.8 Å². The number of Topliss-reactive ketones (excluding diaryl/α,β-unsaturated/α-hetero) is 1. The summed E-state index contributed by atoms with van der Waals surface area (Å²) in [6.45, 7) is 2.54. The average molecular weight is 486 g/mol. The highest BCUT2D eigenvalue weighted by molar-refractivity contribution is 6.46. The molecular weight excluding hydrogens is 465 g/mol. The first kappa shape index (κ1) is 23.0. The monoisotopic (exact) mass is 485 g/mol. The number of rotatable bonds is 7. The van der Waals surface area contributed by atoms with Crippen LogP contribution in [-0.4, -0.2) is 28.3 Å². The average Bonchev–Trinajstić information content (AvgIpc) is 3.42. The Balaban J connectivity index is 1.84. The van der Waals surface area contributed by atoms with Gasteiger partial charge >= 0.3 is 0 Å². The quantitative estimate of drug-likeness (QED) is 0.252. The third kappa shape index (κ3) is 4.63. The summed E-state index contributed by atoms with van der Waals surface area (Å²) >= 11 is 12.3. The Morgan fingerprint density at radius 2 is 1.91 bits per heavy atom. The van der Waals surface area contributed by atoms with Crippen molar-refractivity contribution in [2.75, 3.05) is 6.61 Å². The minimum absolute atomic E-state index is 0.0406. The Morgan fingerprint density at radius 1 is 1.09 bits per heavy atom. The van der Waals surface area contributed by atoms with Crippen molar-refractivity contribution in [3.05, 3.63) is 93.4 Å². The fourth-order valence-corrected chi connectivity index (χ4v) is 4.06. The van der Waals surface area contributed by atoms with E-state index < -0.39 is 17.7 Å². The van der Waals surface area contributed by atoms with Gasteiger partial charge in [-0.25, -0.2) is 0 Å². The van der Waals surface area contributed by atoms with E-state index in [1.54, 1.807) is 54.6 Å². The van der Waals surface area contributed by atoms with Crippen LogP contribution in [0.15, 0.2) is 70.9 Å². The molecule has 33 heavy (non-hydrogen) atoms. The van der Waals surface area contributed by atoms with Crippen LogP contribution < -0.4 is 4.74 Å². The van der Waals surface area contributed by atoms with Gasteiger partial charge in [0.05, 0.1) is 41.1 Å². The van der Waals surface area contributed by atoms with Crippen LogP contribution in [0.4, 0.5) is 0 Å². The number of likely N-dealkylation sites (tertiary alicyclic amines) is 1. The van der Waals surface area contributed by atoms with Gasteiger partial charge in [0, 0.05) is 5.56 Å². The van der Waals surface area contributed by atoms with Crippen LogP contribution >= 0.6 is 23.2 Å². The second kappa shape index (κ2) is 9.73. The topological polar surface area (TPSA) is 80.0 Å². The highest BCUT2D eigenvalue weighted by Crippen LogP contribution is 2.42. The summed E-state index contributed by atoms with van der Waals surface area (Å²) in [6.07, 6.45) is 2.31. The number of hydrogen-bond acceptors (Lipinski definition) is 5. The first-order chi connectivity index (χ1) is 15.9. The molecule has 1 N–H and O–H groups in total. The number of amides is 1. The van der Waals surface area contributed by atoms with Crippen molar-refractivity contribution in [1.82, 2.24) is 4.90 Å². The summed E-state index contributed by atoms with van der Waals surface area (Å²) < 4.78 is 11.0. The first-order valence-corrected chi connectivity index (χ1v) is 11.1. The first-order valence-electron chi connectivity index (χ1n) is 10.4. The van der Waals surface area contributed by atoms with Crippen molar-refractivity contribution in [1.29, 1.82) is 0 Å². The van der Waals surface area contributed by atoms with Gasteiger partial charge in [0.25, 0.3) is 11.7 Å². The maximum atomic E-state index is 13.1. The molecule has 1 aliphatic rings. The molecule has 1 saturated heterocycles. The molecular formula is C25H21Cl2NO5. The molecule has 1 atom stereocenters. The van der Waals surface area contributed by atoms with Gasteiger partial charge in [0.1, 0.15) is 17.3 Å². The van der Waals surface area contributed by atoms with Crippen molar-refractivity contribution in [3.8, 4) is 5.75 Å². The molecule has 0 spiro atoms. The van der Waals surface area contributed by atoms with E-state index in [0.717, 1.165) is 6.42 Å². The fraction of sp³-hybridized carbons (Fsp3) is 0.200. The van der Waals surface area contributed by atoms with E-state index in [2.05, 4.69) is 0 Å². The van der Waals surface area contributed by atoms with Gasteiger partial charge in [-0.1, -0.05) is 48.3 Å². The Labute approximate surface area is 201 Å². The zero-order valence-electron chi connectivity index (χ0n) is 17.8. The lowest BCUT2D eigenvalue weighted by molar-refractivity contribution is -0.140. The number of benzene rings is 2. The zero-order chi connectivity index (χ0) is 23.5. The van der Waals surface area contributed by atoms with Gasteiger partial charge in [-0.15, -0.1) is 0 Å². The normalized spacial score (nSPS) is 17.5. The smallest absolute Gasteiger partial charge is 0.296 e. The van der Waals surface area contributed by atoms with Crippen molar-refractivity contribution >= 4 is 40.7 Å². The van der Waals surface area contributed by atoms with Crippen LogP contribution in [0.1, 0.15) is 36.3 Å². The molecule has 0 radical (unpaired) electrons. The maximum absolute atomic E-state index is 13.1. The predicted octanol–water partition coefficient (Wildman–Crippen LogP) is 6.00. The minimum atomic E-state index is -0.884. The van der Waals surface area contributed by atoms with Crippen LogP contribution in [0, 0.1) is 0 Å². The fourth-order valence-electron chi connectivity index (χ4n) is 3.75. The number of hydrogen-bond donors (Lipinski definition) is 1.